The third-order valence-electron chi connectivity index (χ3n) is 4.15. The average molecular weight is 305 g/mol. The lowest BCUT2D eigenvalue weighted by molar-refractivity contribution is -0.221. The van der Waals surface area contributed by atoms with Crippen LogP contribution in [0, 0.1) is 5.41 Å². The van der Waals surface area contributed by atoms with Gasteiger partial charge in [-0.2, -0.15) is 18.3 Å². The number of aromatic nitrogens is 3. The van der Waals surface area contributed by atoms with Crippen LogP contribution in [0.3, 0.4) is 0 Å². The van der Waals surface area contributed by atoms with Crippen molar-refractivity contribution in [3.05, 3.63) is 23.1 Å². The highest BCUT2D eigenvalue weighted by molar-refractivity contribution is 6.29. The second-order valence-electron chi connectivity index (χ2n) is 5.28. The lowest BCUT2D eigenvalue weighted by Gasteiger charge is -2.42. The molecule has 4 nitrogen and oxygen atoms in total. The summed E-state index contributed by atoms with van der Waals surface area (Å²) in [5.74, 6) is -0.764. The molecule has 20 heavy (non-hydrogen) atoms. The van der Waals surface area contributed by atoms with E-state index in [0.717, 1.165) is 0 Å². The Balaban J connectivity index is 2.24. The first-order chi connectivity index (χ1) is 9.24. The fourth-order valence-corrected chi connectivity index (χ4v) is 2.73. The molecule has 0 radical (unpaired) electrons. The average Bonchev–Trinajstić information content (AvgIpc) is 2.72. The Kier molecular flexibility index (Phi) is 2.70. The van der Waals surface area contributed by atoms with Crippen LogP contribution in [0.1, 0.15) is 25.5 Å². The number of fused-ring (bicyclic) bond motifs is 3. The van der Waals surface area contributed by atoms with Crippen molar-refractivity contribution < 1.29 is 13.2 Å². The van der Waals surface area contributed by atoms with Gasteiger partial charge in [0, 0.05) is 18.5 Å². The third kappa shape index (κ3) is 1.69. The van der Waals surface area contributed by atoms with E-state index in [1.807, 2.05) is 0 Å². The van der Waals surface area contributed by atoms with Gasteiger partial charge in [-0.1, -0.05) is 18.5 Å². The van der Waals surface area contributed by atoms with Gasteiger partial charge >= 0.3 is 6.18 Å². The maximum Gasteiger partial charge on any atom is 0.396 e. The van der Waals surface area contributed by atoms with Crippen molar-refractivity contribution in [2.45, 2.75) is 25.9 Å². The highest BCUT2D eigenvalue weighted by Gasteiger charge is 2.57. The fraction of sp³-hybridized carbons (Fsp3) is 0.500. The molecule has 1 unspecified atom stereocenters. The molecule has 0 saturated heterocycles. The molecular weight excluding hydrogens is 293 g/mol. The Hall–Kier alpha value is -1.50. The normalized spacial score (nSPS) is 26.4. The molecule has 0 amide bonds. The van der Waals surface area contributed by atoms with Crippen LogP contribution in [0.15, 0.2) is 12.3 Å². The summed E-state index contributed by atoms with van der Waals surface area (Å²) < 4.78 is 41.5. The molecule has 0 fully saturated rings. The Morgan fingerprint density at radius 3 is 2.85 bits per heavy atom. The van der Waals surface area contributed by atoms with E-state index in [1.54, 1.807) is 6.92 Å². The molecule has 0 bridgehead atoms. The van der Waals surface area contributed by atoms with Gasteiger partial charge in [0.15, 0.2) is 10.8 Å². The molecule has 2 atom stereocenters. The van der Waals surface area contributed by atoms with Crippen LogP contribution in [-0.4, -0.2) is 27.3 Å². The molecule has 2 aromatic heterocycles. The molecule has 0 aromatic carbocycles. The maximum absolute atomic E-state index is 13.4. The zero-order chi connectivity index (χ0) is 14.7. The van der Waals surface area contributed by atoms with Crippen LogP contribution in [0.5, 0.6) is 0 Å². The number of hydrogen-bond donors (Lipinski definition) is 1. The number of nitrogens with zero attached hydrogens (tertiary/aromatic N) is 3. The number of nitrogens with one attached hydrogen (secondary N) is 1. The molecule has 2 aromatic rings. The van der Waals surface area contributed by atoms with Crippen molar-refractivity contribution in [2.24, 2.45) is 5.41 Å². The van der Waals surface area contributed by atoms with Gasteiger partial charge in [0.1, 0.15) is 0 Å². The molecule has 3 rings (SSSR count). The summed E-state index contributed by atoms with van der Waals surface area (Å²) >= 11 is 5.82. The van der Waals surface area contributed by atoms with E-state index >= 15 is 0 Å². The number of halogens is 4. The van der Waals surface area contributed by atoms with Gasteiger partial charge in [0.2, 0.25) is 0 Å². The van der Waals surface area contributed by atoms with Crippen LogP contribution >= 0.6 is 11.6 Å². The summed E-state index contributed by atoms with van der Waals surface area (Å²) in [6, 6.07) is 1.52. The van der Waals surface area contributed by atoms with Crippen molar-refractivity contribution in [3.8, 4) is 0 Å². The van der Waals surface area contributed by atoms with Crippen molar-refractivity contribution >= 4 is 22.9 Å². The van der Waals surface area contributed by atoms with E-state index in [4.69, 9.17) is 11.6 Å². The summed E-state index contributed by atoms with van der Waals surface area (Å²) in [7, 11) is 0. The standard InChI is InChI=1S/C12H12ClF3N4/c1-6-10-7(18-5-11(6,2)12(14,15)16)4-17-9-3-8(13)19-20(9)10/h3-4,6,18H,5H2,1-2H3/t6?,11-/m1/s1. The van der Waals surface area contributed by atoms with Gasteiger partial charge in [0.25, 0.3) is 0 Å². The molecule has 108 valence electrons. The SMILES string of the molecule is CC1c2c(cnc3cc(Cl)nn23)NC[C@@]1(C)C(F)(F)F. The number of hydrogen-bond acceptors (Lipinski definition) is 3. The molecule has 0 saturated carbocycles. The predicted octanol–water partition coefficient (Wildman–Crippen LogP) is 3.48. The summed E-state index contributed by atoms with van der Waals surface area (Å²) in [5.41, 5.74) is -0.416. The summed E-state index contributed by atoms with van der Waals surface area (Å²) in [6.07, 6.45) is -2.79. The Bertz CT molecular complexity index is 681. The van der Waals surface area contributed by atoms with Crippen LogP contribution in [0.4, 0.5) is 18.9 Å². The Morgan fingerprint density at radius 2 is 2.20 bits per heavy atom. The van der Waals surface area contributed by atoms with Gasteiger partial charge in [0.05, 0.1) is 23.0 Å². The van der Waals surface area contributed by atoms with Gasteiger partial charge < -0.3 is 5.32 Å². The van der Waals surface area contributed by atoms with E-state index in [-0.39, 0.29) is 11.7 Å². The topological polar surface area (TPSA) is 42.2 Å². The van der Waals surface area contributed by atoms with Gasteiger partial charge in [-0.25, -0.2) is 9.50 Å². The minimum atomic E-state index is -4.32. The number of rotatable bonds is 0. The van der Waals surface area contributed by atoms with Gasteiger partial charge in [-0.15, -0.1) is 0 Å². The molecule has 3 heterocycles. The number of anilines is 1. The summed E-state index contributed by atoms with van der Waals surface area (Å²) in [6.45, 7) is 2.58. The van der Waals surface area contributed by atoms with Gasteiger partial charge in [-0.05, 0) is 6.92 Å². The van der Waals surface area contributed by atoms with E-state index < -0.39 is 17.5 Å². The highest BCUT2D eigenvalue weighted by Crippen LogP contribution is 2.51. The smallest absolute Gasteiger partial charge is 0.381 e. The fourth-order valence-electron chi connectivity index (χ4n) is 2.56. The Labute approximate surface area is 117 Å². The zero-order valence-electron chi connectivity index (χ0n) is 10.8. The first kappa shape index (κ1) is 13.5. The minimum absolute atomic E-state index is 0.188. The molecule has 1 aliphatic heterocycles. The van der Waals surface area contributed by atoms with Crippen LogP contribution < -0.4 is 5.32 Å². The molecular formula is C12H12ClF3N4. The lowest BCUT2D eigenvalue weighted by atomic mass is 9.73. The second kappa shape index (κ2) is 4.00. The zero-order valence-corrected chi connectivity index (χ0v) is 11.5. The third-order valence-corrected chi connectivity index (χ3v) is 4.34. The Morgan fingerprint density at radius 1 is 1.50 bits per heavy atom. The van der Waals surface area contributed by atoms with Crippen molar-refractivity contribution in [3.63, 3.8) is 0 Å². The molecule has 1 aliphatic rings. The van der Waals surface area contributed by atoms with Crippen LogP contribution in [0.2, 0.25) is 5.15 Å². The van der Waals surface area contributed by atoms with Crippen molar-refractivity contribution in [1.82, 2.24) is 14.6 Å². The lowest BCUT2D eigenvalue weighted by Crippen LogP contribution is -2.48. The first-order valence-electron chi connectivity index (χ1n) is 6.09. The van der Waals surface area contributed by atoms with Crippen LogP contribution in [0.25, 0.3) is 5.65 Å². The second-order valence-corrected chi connectivity index (χ2v) is 5.67. The number of alkyl halides is 3. The van der Waals surface area contributed by atoms with E-state index in [0.29, 0.717) is 17.0 Å². The van der Waals surface area contributed by atoms with E-state index in [1.165, 1.54) is 23.7 Å². The molecule has 0 spiro atoms. The predicted molar refractivity (Wildman–Crippen MR) is 69.1 cm³/mol. The summed E-state index contributed by atoms with van der Waals surface area (Å²) in [4.78, 5) is 4.13. The van der Waals surface area contributed by atoms with Crippen molar-refractivity contribution in [1.29, 1.82) is 0 Å². The highest BCUT2D eigenvalue weighted by atomic mass is 35.5. The summed E-state index contributed by atoms with van der Waals surface area (Å²) in [5, 5.41) is 7.05. The maximum atomic E-state index is 13.4. The van der Waals surface area contributed by atoms with E-state index in [9.17, 15) is 13.2 Å². The van der Waals surface area contributed by atoms with Crippen molar-refractivity contribution in [2.75, 3.05) is 11.9 Å². The monoisotopic (exact) mass is 304 g/mol. The quantitative estimate of drug-likeness (QED) is 0.810. The largest absolute Gasteiger partial charge is 0.396 e. The van der Waals surface area contributed by atoms with Gasteiger partial charge in [-0.3, -0.25) is 0 Å². The van der Waals surface area contributed by atoms with Crippen LogP contribution in [-0.2, 0) is 0 Å². The van der Waals surface area contributed by atoms with E-state index in [2.05, 4.69) is 15.4 Å². The first-order valence-corrected chi connectivity index (χ1v) is 6.46. The molecule has 1 N–H and O–H groups in total. The molecule has 0 aliphatic carbocycles. The molecule has 8 heteroatoms. The minimum Gasteiger partial charge on any atom is -0.381 e.